The SMILES string of the molecule is N#CC(=Cc1ccc([N+](=O)[O-])cc1[N+](=O)[O-])C(=O)O. The molecular formula is C10H5N3O6. The normalized spacial score (nSPS) is 10.6. The Morgan fingerprint density at radius 1 is 1.32 bits per heavy atom. The van der Waals surface area contributed by atoms with Crippen molar-refractivity contribution >= 4 is 23.4 Å². The van der Waals surface area contributed by atoms with Gasteiger partial charge >= 0.3 is 5.97 Å². The molecule has 0 amide bonds. The molecule has 1 N–H and O–H groups in total. The monoisotopic (exact) mass is 263 g/mol. The maximum absolute atomic E-state index is 10.8. The molecule has 0 unspecified atom stereocenters. The zero-order valence-corrected chi connectivity index (χ0v) is 9.14. The first-order valence-corrected chi connectivity index (χ1v) is 4.64. The number of nitriles is 1. The Bertz CT molecular complexity index is 643. The number of rotatable bonds is 4. The van der Waals surface area contributed by atoms with Crippen LogP contribution in [-0.4, -0.2) is 20.9 Å². The Balaban J connectivity index is 3.45. The van der Waals surface area contributed by atoms with Gasteiger partial charge in [-0.1, -0.05) is 0 Å². The van der Waals surface area contributed by atoms with Gasteiger partial charge in [0.1, 0.15) is 11.6 Å². The average Bonchev–Trinajstić information content (AvgIpc) is 2.35. The van der Waals surface area contributed by atoms with E-state index in [2.05, 4.69) is 0 Å². The van der Waals surface area contributed by atoms with Gasteiger partial charge in [0.15, 0.2) is 0 Å². The third-order valence-corrected chi connectivity index (χ3v) is 2.07. The minimum Gasteiger partial charge on any atom is -0.477 e. The molecule has 0 saturated carbocycles. The highest BCUT2D eigenvalue weighted by atomic mass is 16.6. The maximum Gasteiger partial charge on any atom is 0.346 e. The molecule has 0 spiro atoms. The van der Waals surface area contributed by atoms with Crippen LogP contribution in [0.1, 0.15) is 5.56 Å². The molecule has 0 aliphatic carbocycles. The summed E-state index contributed by atoms with van der Waals surface area (Å²) in [5.41, 5.74) is -2.06. The summed E-state index contributed by atoms with van der Waals surface area (Å²) in [7, 11) is 0. The molecule has 1 aromatic rings. The molecule has 0 aromatic heterocycles. The van der Waals surface area contributed by atoms with Crippen molar-refractivity contribution in [2.45, 2.75) is 0 Å². The smallest absolute Gasteiger partial charge is 0.346 e. The molecule has 19 heavy (non-hydrogen) atoms. The summed E-state index contributed by atoms with van der Waals surface area (Å²) in [6.45, 7) is 0. The van der Waals surface area contributed by atoms with Crippen LogP contribution >= 0.6 is 0 Å². The van der Waals surface area contributed by atoms with Crippen LogP contribution in [0.15, 0.2) is 23.8 Å². The third kappa shape index (κ3) is 3.10. The predicted molar refractivity (Wildman–Crippen MR) is 61.0 cm³/mol. The van der Waals surface area contributed by atoms with Crippen molar-refractivity contribution in [3.63, 3.8) is 0 Å². The minimum atomic E-state index is -1.55. The molecule has 0 radical (unpaired) electrons. The number of carboxylic acid groups (broad SMARTS) is 1. The van der Waals surface area contributed by atoms with Crippen molar-refractivity contribution in [1.82, 2.24) is 0 Å². The molecule has 0 bridgehead atoms. The van der Waals surface area contributed by atoms with E-state index in [4.69, 9.17) is 10.4 Å². The Labute approximate surface area is 105 Å². The quantitative estimate of drug-likeness (QED) is 0.374. The van der Waals surface area contributed by atoms with E-state index in [9.17, 15) is 25.0 Å². The van der Waals surface area contributed by atoms with Crippen LogP contribution in [0.25, 0.3) is 6.08 Å². The summed E-state index contributed by atoms with van der Waals surface area (Å²) in [6, 6.07) is 4.05. The molecular weight excluding hydrogens is 258 g/mol. The predicted octanol–water partition coefficient (Wildman–Crippen LogP) is 1.49. The fraction of sp³-hybridized carbons (Fsp3) is 0. The number of carbonyl (C=O) groups is 1. The molecule has 96 valence electrons. The van der Waals surface area contributed by atoms with E-state index >= 15 is 0 Å². The number of nitro groups is 2. The van der Waals surface area contributed by atoms with Gasteiger partial charge in [0.25, 0.3) is 11.4 Å². The lowest BCUT2D eigenvalue weighted by molar-refractivity contribution is -0.394. The van der Waals surface area contributed by atoms with Crippen LogP contribution in [0.2, 0.25) is 0 Å². The average molecular weight is 263 g/mol. The van der Waals surface area contributed by atoms with Crippen LogP contribution in [0.5, 0.6) is 0 Å². The first-order chi connectivity index (χ1) is 8.86. The standard InChI is InChI=1S/C10H5N3O6/c11-5-7(10(14)15)3-6-1-2-8(12(16)17)4-9(6)13(18)19/h1-4H,(H,14,15). The molecule has 1 rings (SSSR count). The lowest BCUT2D eigenvalue weighted by Gasteiger charge is -1.98. The molecule has 0 fully saturated rings. The molecule has 0 aliphatic rings. The summed E-state index contributed by atoms with van der Waals surface area (Å²) in [4.78, 5) is 30.2. The van der Waals surface area contributed by atoms with Crippen molar-refractivity contribution in [2.24, 2.45) is 0 Å². The van der Waals surface area contributed by atoms with E-state index in [1.165, 1.54) is 6.07 Å². The van der Waals surface area contributed by atoms with Crippen LogP contribution in [0, 0.1) is 31.6 Å². The van der Waals surface area contributed by atoms with Crippen molar-refractivity contribution < 1.29 is 19.7 Å². The van der Waals surface area contributed by atoms with Gasteiger partial charge in [-0.25, -0.2) is 4.79 Å². The fourth-order valence-corrected chi connectivity index (χ4v) is 1.22. The van der Waals surface area contributed by atoms with Gasteiger partial charge in [0.2, 0.25) is 0 Å². The summed E-state index contributed by atoms with van der Waals surface area (Å²) >= 11 is 0. The van der Waals surface area contributed by atoms with E-state index in [-0.39, 0.29) is 5.56 Å². The number of hydrogen-bond acceptors (Lipinski definition) is 6. The second kappa shape index (κ2) is 5.37. The number of non-ortho nitro benzene ring substituents is 1. The second-order valence-corrected chi connectivity index (χ2v) is 3.23. The number of aliphatic carboxylic acids is 1. The van der Waals surface area contributed by atoms with Gasteiger partial charge < -0.3 is 5.11 Å². The van der Waals surface area contributed by atoms with Gasteiger partial charge in [-0.15, -0.1) is 0 Å². The van der Waals surface area contributed by atoms with E-state index in [0.717, 1.165) is 18.2 Å². The zero-order chi connectivity index (χ0) is 14.6. The van der Waals surface area contributed by atoms with E-state index in [0.29, 0.717) is 6.07 Å². The van der Waals surface area contributed by atoms with Crippen LogP contribution in [-0.2, 0) is 4.79 Å². The summed E-state index contributed by atoms with van der Waals surface area (Å²) in [5.74, 6) is -1.55. The van der Waals surface area contributed by atoms with Gasteiger partial charge in [-0.3, -0.25) is 20.2 Å². The van der Waals surface area contributed by atoms with Crippen molar-refractivity contribution in [2.75, 3.05) is 0 Å². The highest BCUT2D eigenvalue weighted by Crippen LogP contribution is 2.26. The topological polar surface area (TPSA) is 147 Å². The van der Waals surface area contributed by atoms with Gasteiger partial charge in [-0.2, -0.15) is 5.26 Å². The molecule has 0 heterocycles. The van der Waals surface area contributed by atoms with Gasteiger partial charge in [0, 0.05) is 6.07 Å². The summed E-state index contributed by atoms with van der Waals surface area (Å²) in [6.07, 6.45) is 0.782. The largest absolute Gasteiger partial charge is 0.477 e. The third-order valence-electron chi connectivity index (χ3n) is 2.07. The van der Waals surface area contributed by atoms with Crippen LogP contribution in [0.3, 0.4) is 0 Å². The van der Waals surface area contributed by atoms with E-state index < -0.39 is 32.8 Å². The second-order valence-electron chi connectivity index (χ2n) is 3.23. The highest BCUT2D eigenvalue weighted by Gasteiger charge is 2.19. The lowest BCUT2D eigenvalue weighted by atomic mass is 10.1. The molecule has 1 aromatic carbocycles. The lowest BCUT2D eigenvalue weighted by Crippen LogP contribution is -1.99. The molecule has 9 nitrogen and oxygen atoms in total. The van der Waals surface area contributed by atoms with E-state index in [1.807, 2.05) is 0 Å². The van der Waals surface area contributed by atoms with Crippen LogP contribution < -0.4 is 0 Å². The summed E-state index contributed by atoms with van der Waals surface area (Å²) < 4.78 is 0. The number of carboxylic acids is 1. The maximum atomic E-state index is 10.8. The number of hydrogen-bond donors (Lipinski definition) is 1. The molecule has 0 atom stereocenters. The summed E-state index contributed by atoms with van der Waals surface area (Å²) in [5, 5.41) is 38.4. The van der Waals surface area contributed by atoms with Crippen LogP contribution in [0.4, 0.5) is 11.4 Å². The molecule has 0 saturated heterocycles. The van der Waals surface area contributed by atoms with Gasteiger partial charge in [-0.05, 0) is 12.1 Å². The zero-order valence-electron chi connectivity index (χ0n) is 9.14. The molecule has 9 heteroatoms. The number of nitro benzene ring substituents is 2. The number of nitrogens with zero attached hydrogens (tertiary/aromatic N) is 3. The first kappa shape index (κ1) is 13.8. The van der Waals surface area contributed by atoms with E-state index in [1.54, 1.807) is 0 Å². The van der Waals surface area contributed by atoms with Crippen molar-refractivity contribution in [3.8, 4) is 6.07 Å². The Kier molecular flexibility index (Phi) is 3.89. The first-order valence-electron chi connectivity index (χ1n) is 4.64. The van der Waals surface area contributed by atoms with Crippen molar-refractivity contribution in [3.05, 3.63) is 49.6 Å². The fourth-order valence-electron chi connectivity index (χ4n) is 1.22. The van der Waals surface area contributed by atoms with Crippen molar-refractivity contribution in [1.29, 1.82) is 5.26 Å². The Morgan fingerprint density at radius 3 is 2.37 bits per heavy atom. The molecule has 0 aliphatic heterocycles. The highest BCUT2D eigenvalue weighted by molar-refractivity contribution is 5.97. The Hall–Kier alpha value is -3.28. The Morgan fingerprint density at radius 2 is 1.95 bits per heavy atom. The number of benzene rings is 1. The minimum absolute atomic E-state index is 0.199. The van der Waals surface area contributed by atoms with Gasteiger partial charge in [0.05, 0.1) is 21.5 Å².